The Kier molecular flexibility index (Phi) is 9.18. The average molecular weight is 517 g/mol. The summed E-state index contributed by atoms with van der Waals surface area (Å²) in [6.07, 6.45) is 9.26. The quantitative estimate of drug-likeness (QED) is 0.347. The highest BCUT2D eigenvalue weighted by Crippen LogP contribution is 2.17. The van der Waals surface area contributed by atoms with Gasteiger partial charge in [0, 0.05) is 38.9 Å². The van der Waals surface area contributed by atoms with E-state index in [4.69, 9.17) is 0 Å². The van der Waals surface area contributed by atoms with Crippen LogP contribution in [0.2, 0.25) is 0 Å². The zero-order valence-corrected chi connectivity index (χ0v) is 19.6. The van der Waals surface area contributed by atoms with Gasteiger partial charge in [-0.2, -0.15) is 5.10 Å². The summed E-state index contributed by atoms with van der Waals surface area (Å²) in [5, 5.41) is 10.4. The molecule has 2 N–H and O–H groups in total. The SMILES string of the molecule is CCNC(=NCC(=O)NC1CCCCC1)N1CCN(c2cnn(C)c2)C(=O)C1.I. The summed E-state index contributed by atoms with van der Waals surface area (Å²) in [5.41, 5.74) is 0.806. The van der Waals surface area contributed by atoms with Crippen molar-refractivity contribution in [1.82, 2.24) is 25.3 Å². The molecule has 1 aliphatic heterocycles. The molecule has 0 bridgehead atoms. The number of hydrogen-bond acceptors (Lipinski definition) is 4. The molecule has 2 fully saturated rings. The van der Waals surface area contributed by atoms with Gasteiger partial charge in [0.25, 0.3) is 0 Å². The summed E-state index contributed by atoms with van der Waals surface area (Å²) >= 11 is 0. The standard InChI is InChI=1S/C19H31N7O2.HI/c1-3-20-19(21-12-17(27)23-15-7-5-4-6-8-15)25-9-10-26(18(28)14-25)16-11-22-24(2)13-16;/h11,13,15H,3-10,12,14H2,1-2H3,(H,20,21)(H,23,27);1H. The van der Waals surface area contributed by atoms with Crippen LogP contribution in [-0.2, 0) is 16.6 Å². The molecule has 1 saturated carbocycles. The first-order chi connectivity index (χ1) is 13.6. The van der Waals surface area contributed by atoms with E-state index in [1.165, 1.54) is 19.3 Å². The molecular weight excluding hydrogens is 485 g/mol. The summed E-state index contributed by atoms with van der Waals surface area (Å²) in [7, 11) is 1.83. The fourth-order valence-corrected chi connectivity index (χ4v) is 3.77. The van der Waals surface area contributed by atoms with Gasteiger partial charge in [-0.3, -0.25) is 14.3 Å². The first-order valence-electron chi connectivity index (χ1n) is 10.2. The number of aryl methyl sites for hydroxylation is 1. The van der Waals surface area contributed by atoms with E-state index in [2.05, 4.69) is 20.7 Å². The van der Waals surface area contributed by atoms with Crippen molar-refractivity contribution in [2.24, 2.45) is 12.0 Å². The molecule has 2 aliphatic rings. The van der Waals surface area contributed by atoms with Crippen LogP contribution in [0.15, 0.2) is 17.4 Å². The molecule has 1 aromatic heterocycles. The number of carbonyl (C=O) groups is 2. The van der Waals surface area contributed by atoms with Crippen molar-refractivity contribution in [2.75, 3.05) is 37.6 Å². The minimum atomic E-state index is -0.0531. The Hall–Kier alpha value is -1.85. The normalized spacial score (nSPS) is 18.4. The Balaban J connectivity index is 0.00000300. The Labute approximate surface area is 189 Å². The number of nitrogens with one attached hydrogen (secondary N) is 2. The van der Waals surface area contributed by atoms with Crippen LogP contribution in [0.3, 0.4) is 0 Å². The van der Waals surface area contributed by atoms with Crippen LogP contribution in [0, 0.1) is 0 Å². The van der Waals surface area contributed by atoms with E-state index in [9.17, 15) is 9.59 Å². The Morgan fingerprint density at radius 3 is 2.66 bits per heavy atom. The fraction of sp³-hybridized carbons (Fsp3) is 0.684. The molecule has 0 spiro atoms. The predicted octanol–water partition coefficient (Wildman–Crippen LogP) is 1.10. The highest BCUT2D eigenvalue weighted by molar-refractivity contribution is 14.0. The molecule has 29 heavy (non-hydrogen) atoms. The lowest BCUT2D eigenvalue weighted by Crippen LogP contribution is -2.55. The van der Waals surface area contributed by atoms with Crippen molar-refractivity contribution in [1.29, 1.82) is 0 Å². The molecule has 0 atom stereocenters. The lowest BCUT2D eigenvalue weighted by Gasteiger charge is -2.35. The molecule has 1 saturated heterocycles. The maximum atomic E-state index is 12.6. The predicted molar refractivity (Wildman–Crippen MR) is 124 cm³/mol. The van der Waals surface area contributed by atoms with E-state index in [0.29, 0.717) is 25.6 Å². The summed E-state index contributed by atoms with van der Waals surface area (Å²) in [5.74, 6) is 0.555. The minimum absolute atomic E-state index is 0. The number of anilines is 1. The number of rotatable bonds is 5. The van der Waals surface area contributed by atoms with Gasteiger partial charge in [-0.15, -0.1) is 24.0 Å². The maximum absolute atomic E-state index is 12.6. The van der Waals surface area contributed by atoms with E-state index in [1.807, 2.05) is 25.1 Å². The van der Waals surface area contributed by atoms with E-state index in [1.54, 1.807) is 15.8 Å². The maximum Gasteiger partial charge on any atom is 0.246 e. The number of amides is 2. The number of guanidine groups is 1. The Bertz CT molecular complexity index is 715. The van der Waals surface area contributed by atoms with Crippen LogP contribution >= 0.6 is 24.0 Å². The number of piperazine rings is 1. The Morgan fingerprint density at radius 1 is 1.28 bits per heavy atom. The van der Waals surface area contributed by atoms with E-state index in [0.717, 1.165) is 18.5 Å². The molecule has 1 aromatic rings. The molecule has 0 unspecified atom stereocenters. The van der Waals surface area contributed by atoms with Gasteiger partial charge in [-0.25, -0.2) is 4.99 Å². The molecule has 10 heteroatoms. The molecule has 2 heterocycles. The van der Waals surface area contributed by atoms with Gasteiger partial charge in [-0.1, -0.05) is 19.3 Å². The third kappa shape index (κ3) is 6.58. The second-order valence-electron chi connectivity index (χ2n) is 7.41. The van der Waals surface area contributed by atoms with Crippen LogP contribution in [0.5, 0.6) is 0 Å². The first kappa shape index (κ1) is 23.4. The minimum Gasteiger partial charge on any atom is -0.356 e. The number of aliphatic imine (C=N–C) groups is 1. The summed E-state index contributed by atoms with van der Waals surface area (Å²) in [4.78, 5) is 33.0. The summed E-state index contributed by atoms with van der Waals surface area (Å²) < 4.78 is 1.69. The number of halogens is 1. The van der Waals surface area contributed by atoms with E-state index >= 15 is 0 Å². The van der Waals surface area contributed by atoms with Gasteiger partial charge < -0.3 is 20.4 Å². The summed E-state index contributed by atoms with van der Waals surface area (Å²) in [6.45, 7) is 4.17. The van der Waals surface area contributed by atoms with Gasteiger partial charge in [0.2, 0.25) is 11.8 Å². The monoisotopic (exact) mass is 517 g/mol. The van der Waals surface area contributed by atoms with Crippen molar-refractivity contribution < 1.29 is 9.59 Å². The molecule has 9 nitrogen and oxygen atoms in total. The van der Waals surface area contributed by atoms with E-state index in [-0.39, 0.29) is 54.9 Å². The molecule has 0 aromatic carbocycles. The van der Waals surface area contributed by atoms with Crippen molar-refractivity contribution in [2.45, 2.75) is 45.1 Å². The van der Waals surface area contributed by atoms with Gasteiger partial charge in [-0.05, 0) is 19.8 Å². The van der Waals surface area contributed by atoms with Crippen LogP contribution in [0.4, 0.5) is 5.69 Å². The van der Waals surface area contributed by atoms with Crippen LogP contribution < -0.4 is 15.5 Å². The second kappa shape index (κ2) is 11.4. The van der Waals surface area contributed by atoms with E-state index < -0.39 is 0 Å². The van der Waals surface area contributed by atoms with Gasteiger partial charge in [0.1, 0.15) is 13.1 Å². The highest BCUT2D eigenvalue weighted by atomic mass is 127. The van der Waals surface area contributed by atoms with Crippen molar-refractivity contribution in [3.8, 4) is 0 Å². The third-order valence-electron chi connectivity index (χ3n) is 5.20. The fourth-order valence-electron chi connectivity index (χ4n) is 3.77. The second-order valence-corrected chi connectivity index (χ2v) is 7.41. The topological polar surface area (TPSA) is 94.9 Å². The van der Waals surface area contributed by atoms with Crippen molar-refractivity contribution in [3.63, 3.8) is 0 Å². The van der Waals surface area contributed by atoms with Crippen LogP contribution in [-0.4, -0.2) is 71.2 Å². The van der Waals surface area contributed by atoms with Gasteiger partial charge in [0.05, 0.1) is 11.9 Å². The van der Waals surface area contributed by atoms with Crippen molar-refractivity contribution in [3.05, 3.63) is 12.4 Å². The summed E-state index contributed by atoms with van der Waals surface area (Å²) in [6, 6.07) is 0.281. The smallest absolute Gasteiger partial charge is 0.246 e. The number of carbonyl (C=O) groups excluding carboxylic acids is 2. The number of hydrogen-bond donors (Lipinski definition) is 2. The zero-order valence-electron chi connectivity index (χ0n) is 17.3. The molecule has 0 radical (unpaired) electrons. The Morgan fingerprint density at radius 2 is 2.03 bits per heavy atom. The highest BCUT2D eigenvalue weighted by Gasteiger charge is 2.27. The third-order valence-corrected chi connectivity index (χ3v) is 5.20. The zero-order chi connectivity index (χ0) is 19.9. The van der Waals surface area contributed by atoms with Crippen LogP contribution in [0.25, 0.3) is 0 Å². The van der Waals surface area contributed by atoms with Crippen molar-refractivity contribution >= 4 is 47.4 Å². The number of aromatic nitrogens is 2. The van der Waals surface area contributed by atoms with Gasteiger partial charge in [0.15, 0.2) is 5.96 Å². The molecule has 3 rings (SSSR count). The molecule has 162 valence electrons. The lowest BCUT2D eigenvalue weighted by molar-refractivity contribution is -0.120. The first-order valence-corrected chi connectivity index (χ1v) is 10.2. The molecular formula is C19H32IN7O2. The van der Waals surface area contributed by atoms with Gasteiger partial charge >= 0.3 is 0 Å². The van der Waals surface area contributed by atoms with Crippen LogP contribution in [0.1, 0.15) is 39.0 Å². The number of nitrogens with zero attached hydrogens (tertiary/aromatic N) is 5. The largest absolute Gasteiger partial charge is 0.356 e. The average Bonchev–Trinajstić information content (AvgIpc) is 3.12. The molecule has 1 aliphatic carbocycles. The molecule has 2 amide bonds. The lowest BCUT2D eigenvalue weighted by atomic mass is 9.95.